The molecule has 0 bridgehead atoms. The number of aryl methyl sites for hydroxylation is 2. The Balaban J connectivity index is 1.63. The van der Waals surface area contributed by atoms with Gasteiger partial charge in [-0.2, -0.15) is 0 Å². The number of benzene rings is 3. The van der Waals surface area contributed by atoms with E-state index in [4.69, 9.17) is 9.72 Å². The number of ether oxygens (including phenoxy) is 1. The first kappa shape index (κ1) is 21.5. The van der Waals surface area contributed by atoms with Crippen molar-refractivity contribution in [3.05, 3.63) is 89.6 Å². The van der Waals surface area contributed by atoms with Crippen LogP contribution in [0, 0.1) is 6.92 Å². The molecule has 0 saturated carbocycles. The van der Waals surface area contributed by atoms with Crippen molar-refractivity contribution in [1.82, 2.24) is 4.98 Å². The minimum absolute atomic E-state index is 0.551. The maximum atomic E-state index is 6.49. The van der Waals surface area contributed by atoms with Crippen LogP contribution in [0.1, 0.15) is 36.5 Å². The van der Waals surface area contributed by atoms with Gasteiger partial charge in [-0.3, -0.25) is 4.98 Å². The minimum atomic E-state index is 0.551. The summed E-state index contributed by atoms with van der Waals surface area (Å²) in [6.07, 6.45) is 7.39. The number of nitrogens with zero attached hydrogens (tertiary/aromatic N) is 1. The van der Waals surface area contributed by atoms with Crippen molar-refractivity contribution in [2.75, 3.05) is 6.26 Å². The normalized spacial score (nSPS) is 11.1. The summed E-state index contributed by atoms with van der Waals surface area (Å²) in [5.41, 5.74) is 7.18. The first-order valence-corrected chi connectivity index (χ1v) is 12.2. The molecule has 3 aromatic carbocycles. The summed E-state index contributed by atoms with van der Waals surface area (Å²) in [5, 5.41) is 1.14. The molecule has 4 aromatic rings. The van der Waals surface area contributed by atoms with Crippen LogP contribution < -0.4 is 4.74 Å². The number of fused-ring (bicyclic) bond motifs is 1. The first-order valence-electron chi connectivity index (χ1n) is 10.9. The van der Waals surface area contributed by atoms with E-state index in [1.165, 1.54) is 32.7 Å². The predicted octanol–water partition coefficient (Wildman–Crippen LogP) is 7.85. The number of unbranched alkanes of at least 4 members (excludes halogenated alkanes) is 1. The molecule has 0 spiro atoms. The fourth-order valence-electron chi connectivity index (χ4n) is 3.94. The zero-order valence-corrected chi connectivity index (χ0v) is 19.3. The number of hydrogen-bond acceptors (Lipinski definition) is 3. The fourth-order valence-corrected chi connectivity index (χ4v) is 4.55. The smallest absolute Gasteiger partial charge is 0.135 e. The number of aromatic nitrogens is 1. The van der Waals surface area contributed by atoms with E-state index in [0.29, 0.717) is 6.61 Å². The molecule has 1 heterocycles. The second-order valence-electron chi connectivity index (χ2n) is 7.87. The molecule has 0 radical (unpaired) electrons. The second kappa shape index (κ2) is 10.0. The van der Waals surface area contributed by atoms with Crippen molar-refractivity contribution in [1.29, 1.82) is 0 Å². The molecule has 3 heteroatoms. The lowest BCUT2D eigenvalue weighted by molar-refractivity contribution is 0.306. The van der Waals surface area contributed by atoms with E-state index in [1.807, 2.05) is 6.20 Å². The number of pyridine rings is 1. The summed E-state index contributed by atoms with van der Waals surface area (Å²) in [6, 6.07) is 23.5. The van der Waals surface area contributed by atoms with Crippen molar-refractivity contribution in [3.8, 4) is 16.9 Å². The highest BCUT2D eigenvalue weighted by atomic mass is 32.2. The molecule has 31 heavy (non-hydrogen) atoms. The van der Waals surface area contributed by atoms with Gasteiger partial charge >= 0.3 is 0 Å². The van der Waals surface area contributed by atoms with Gasteiger partial charge < -0.3 is 4.74 Å². The summed E-state index contributed by atoms with van der Waals surface area (Å²) >= 11 is 1.75. The molecule has 0 fully saturated rings. The Morgan fingerprint density at radius 3 is 2.48 bits per heavy atom. The second-order valence-corrected chi connectivity index (χ2v) is 8.72. The number of rotatable bonds is 8. The molecule has 0 aliphatic carbocycles. The van der Waals surface area contributed by atoms with Crippen LogP contribution >= 0.6 is 11.8 Å². The quantitative estimate of drug-likeness (QED) is 0.267. The first-order chi connectivity index (χ1) is 15.2. The van der Waals surface area contributed by atoms with Crippen molar-refractivity contribution >= 4 is 22.7 Å². The van der Waals surface area contributed by atoms with E-state index < -0.39 is 0 Å². The zero-order valence-electron chi connectivity index (χ0n) is 18.5. The van der Waals surface area contributed by atoms with Gasteiger partial charge in [-0.05, 0) is 60.4 Å². The highest BCUT2D eigenvalue weighted by Gasteiger charge is 2.14. The summed E-state index contributed by atoms with van der Waals surface area (Å²) in [4.78, 5) is 5.93. The van der Waals surface area contributed by atoms with E-state index in [9.17, 15) is 0 Å². The van der Waals surface area contributed by atoms with Crippen molar-refractivity contribution < 1.29 is 4.74 Å². The van der Waals surface area contributed by atoms with Gasteiger partial charge in [0, 0.05) is 16.7 Å². The highest BCUT2D eigenvalue weighted by Crippen LogP contribution is 2.36. The lowest BCUT2D eigenvalue weighted by atomic mass is 10.00. The van der Waals surface area contributed by atoms with Gasteiger partial charge in [0.15, 0.2) is 0 Å². The van der Waals surface area contributed by atoms with Crippen LogP contribution in [0.3, 0.4) is 0 Å². The standard InChI is InChI=1S/C28H29NOS/c1-4-5-10-23-18-29-25-12-8-13-26(31-3)27(25)28(23)30-19-21-14-16-22(17-15-21)24-11-7-6-9-20(24)2/h6-9,11-18H,4-5,10,19H2,1-3H3. The largest absolute Gasteiger partial charge is 0.488 e. The molecule has 0 aliphatic rings. The lowest BCUT2D eigenvalue weighted by Gasteiger charge is -2.16. The Kier molecular flexibility index (Phi) is 6.93. The summed E-state index contributed by atoms with van der Waals surface area (Å²) < 4.78 is 6.49. The van der Waals surface area contributed by atoms with E-state index in [-0.39, 0.29) is 0 Å². The molecule has 0 saturated heterocycles. The van der Waals surface area contributed by atoms with Crippen LogP contribution in [-0.4, -0.2) is 11.2 Å². The fraction of sp³-hybridized carbons (Fsp3) is 0.250. The molecule has 158 valence electrons. The predicted molar refractivity (Wildman–Crippen MR) is 133 cm³/mol. The number of thioether (sulfide) groups is 1. The monoisotopic (exact) mass is 427 g/mol. The molecule has 0 unspecified atom stereocenters. The van der Waals surface area contributed by atoms with E-state index in [0.717, 1.165) is 35.9 Å². The molecule has 1 aromatic heterocycles. The van der Waals surface area contributed by atoms with Gasteiger partial charge in [0.05, 0.1) is 10.9 Å². The van der Waals surface area contributed by atoms with Crippen LogP contribution in [-0.2, 0) is 13.0 Å². The SMILES string of the molecule is CCCCc1cnc2cccc(SC)c2c1OCc1ccc(-c2ccccc2C)cc1. The molecule has 0 aliphatic heterocycles. The van der Waals surface area contributed by atoms with Crippen LogP contribution in [0.2, 0.25) is 0 Å². The van der Waals surface area contributed by atoms with Crippen LogP contribution in [0.4, 0.5) is 0 Å². The van der Waals surface area contributed by atoms with Crippen LogP contribution in [0.5, 0.6) is 5.75 Å². The molecular weight excluding hydrogens is 398 g/mol. The minimum Gasteiger partial charge on any atom is -0.488 e. The molecule has 4 rings (SSSR count). The summed E-state index contributed by atoms with van der Waals surface area (Å²) in [6.45, 7) is 4.93. The van der Waals surface area contributed by atoms with E-state index >= 15 is 0 Å². The Hall–Kier alpha value is -2.78. The van der Waals surface area contributed by atoms with E-state index in [2.05, 4.69) is 86.8 Å². The Morgan fingerprint density at radius 2 is 1.74 bits per heavy atom. The molecule has 0 amide bonds. The molecule has 2 nitrogen and oxygen atoms in total. The average Bonchev–Trinajstić information content (AvgIpc) is 2.81. The Labute approximate surface area is 189 Å². The zero-order chi connectivity index (χ0) is 21.6. The lowest BCUT2D eigenvalue weighted by Crippen LogP contribution is -2.02. The summed E-state index contributed by atoms with van der Waals surface area (Å²) in [7, 11) is 0. The maximum absolute atomic E-state index is 6.49. The van der Waals surface area contributed by atoms with Gasteiger partial charge in [-0.25, -0.2) is 0 Å². The third-order valence-corrected chi connectivity index (χ3v) is 6.48. The van der Waals surface area contributed by atoms with Crippen molar-refractivity contribution in [2.24, 2.45) is 0 Å². The maximum Gasteiger partial charge on any atom is 0.135 e. The topological polar surface area (TPSA) is 22.1 Å². The summed E-state index contributed by atoms with van der Waals surface area (Å²) in [5.74, 6) is 0.992. The molecular formula is C28H29NOS. The third-order valence-electron chi connectivity index (χ3n) is 5.70. The van der Waals surface area contributed by atoms with Crippen molar-refractivity contribution in [3.63, 3.8) is 0 Å². The van der Waals surface area contributed by atoms with Gasteiger partial charge in [0.1, 0.15) is 12.4 Å². The molecule has 0 atom stereocenters. The van der Waals surface area contributed by atoms with Gasteiger partial charge in [0.2, 0.25) is 0 Å². The average molecular weight is 428 g/mol. The van der Waals surface area contributed by atoms with Gasteiger partial charge in [-0.15, -0.1) is 11.8 Å². The Bertz CT molecular complexity index is 1170. The van der Waals surface area contributed by atoms with Crippen molar-refractivity contribution in [2.45, 2.75) is 44.6 Å². The third kappa shape index (κ3) is 4.77. The molecule has 0 N–H and O–H groups in total. The Morgan fingerprint density at radius 1 is 0.935 bits per heavy atom. The highest BCUT2D eigenvalue weighted by molar-refractivity contribution is 7.98. The van der Waals surface area contributed by atoms with Gasteiger partial charge in [0.25, 0.3) is 0 Å². The van der Waals surface area contributed by atoms with Crippen LogP contribution in [0.15, 0.2) is 77.8 Å². The van der Waals surface area contributed by atoms with Gasteiger partial charge in [-0.1, -0.05) is 67.9 Å². The number of hydrogen-bond donors (Lipinski definition) is 0. The van der Waals surface area contributed by atoms with Crippen LogP contribution in [0.25, 0.3) is 22.0 Å². The van der Waals surface area contributed by atoms with E-state index in [1.54, 1.807) is 11.8 Å².